The van der Waals surface area contributed by atoms with Crippen molar-refractivity contribution in [3.05, 3.63) is 93.0 Å². The SMILES string of the molecule is Cc1ccc2c(c1C)NC(=O)[C@]21N2CCC[C@@H]2[C@@H](C(=O)c2ccc(Br)cc2)[C@]12C(=O)Nc1ccccc12. The second-order valence-electron chi connectivity index (χ2n) is 10.7. The van der Waals surface area contributed by atoms with Gasteiger partial charge in [0, 0.05) is 33.0 Å². The number of amides is 2. The quantitative estimate of drug-likeness (QED) is 0.432. The molecule has 0 saturated carbocycles. The highest BCUT2D eigenvalue weighted by molar-refractivity contribution is 9.10. The zero-order valence-electron chi connectivity index (χ0n) is 20.6. The van der Waals surface area contributed by atoms with Gasteiger partial charge in [0.05, 0.1) is 5.92 Å². The fourth-order valence-electron chi connectivity index (χ4n) is 7.69. The van der Waals surface area contributed by atoms with Crippen molar-refractivity contribution in [3.63, 3.8) is 0 Å². The first kappa shape index (κ1) is 22.9. The van der Waals surface area contributed by atoms with Gasteiger partial charge in [0.1, 0.15) is 11.0 Å². The first-order chi connectivity index (χ1) is 17.8. The van der Waals surface area contributed by atoms with E-state index in [9.17, 15) is 14.4 Å². The molecule has 0 aliphatic carbocycles. The molecule has 4 atom stereocenters. The van der Waals surface area contributed by atoms with E-state index in [1.807, 2.05) is 62.4 Å². The molecule has 37 heavy (non-hydrogen) atoms. The highest BCUT2D eigenvalue weighted by Gasteiger charge is 2.81. The van der Waals surface area contributed by atoms with Gasteiger partial charge < -0.3 is 10.6 Å². The Morgan fingerprint density at radius 2 is 1.70 bits per heavy atom. The number of benzene rings is 3. The summed E-state index contributed by atoms with van der Waals surface area (Å²) in [4.78, 5) is 45.7. The summed E-state index contributed by atoms with van der Waals surface area (Å²) in [6, 6.07) is 18.7. The number of hydrogen-bond acceptors (Lipinski definition) is 4. The maximum Gasteiger partial charge on any atom is 0.251 e. The number of Topliss-reactive ketones (excluding diaryl/α,β-unsaturated/α-hetero) is 1. The van der Waals surface area contributed by atoms with E-state index < -0.39 is 16.9 Å². The van der Waals surface area contributed by atoms with Crippen LogP contribution in [0.4, 0.5) is 11.4 Å². The Kier molecular flexibility index (Phi) is 4.71. The van der Waals surface area contributed by atoms with Crippen molar-refractivity contribution in [1.29, 1.82) is 0 Å². The second-order valence-corrected chi connectivity index (χ2v) is 11.6. The predicted octanol–water partition coefficient (Wildman–Crippen LogP) is 5.08. The molecule has 2 saturated heterocycles. The molecule has 2 fully saturated rings. The molecule has 4 aliphatic heterocycles. The van der Waals surface area contributed by atoms with Crippen molar-refractivity contribution in [2.45, 2.75) is 43.7 Å². The molecule has 0 bridgehead atoms. The van der Waals surface area contributed by atoms with Crippen LogP contribution in [0.2, 0.25) is 0 Å². The van der Waals surface area contributed by atoms with Crippen LogP contribution in [0, 0.1) is 19.8 Å². The van der Waals surface area contributed by atoms with E-state index in [0.717, 1.165) is 45.3 Å². The Hall–Kier alpha value is -3.29. The zero-order valence-corrected chi connectivity index (χ0v) is 22.2. The van der Waals surface area contributed by atoms with Crippen LogP contribution in [0.3, 0.4) is 0 Å². The monoisotopic (exact) mass is 555 g/mol. The van der Waals surface area contributed by atoms with E-state index in [4.69, 9.17) is 0 Å². The summed E-state index contributed by atoms with van der Waals surface area (Å²) in [6.07, 6.45) is 1.61. The predicted molar refractivity (Wildman–Crippen MR) is 145 cm³/mol. The fourth-order valence-corrected chi connectivity index (χ4v) is 7.95. The lowest BCUT2D eigenvalue weighted by Gasteiger charge is -2.43. The Labute approximate surface area is 223 Å². The van der Waals surface area contributed by atoms with Crippen LogP contribution in [0.25, 0.3) is 0 Å². The molecule has 2 N–H and O–H groups in total. The summed E-state index contributed by atoms with van der Waals surface area (Å²) in [6.45, 7) is 4.67. The summed E-state index contributed by atoms with van der Waals surface area (Å²) in [5.74, 6) is -1.32. The van der Waals surface area contributed by atoms with Gasteiger partial charge in [-0.15, -0.1) is 0 Å². The van der Waals surface area contributed by atoms with E-state index in [0.29, 0.717) is 17.8 Å². The minimum absolute atomic E-state index is 0.0989. The number of nitrogens with zero attached hydrogens (tertiary/aromatic N) is 1. The van der Waals surface area contributed by atoms with Gasteiger partial charge in [-0.25, -0.2) is 0 Å². The van der Waals surface area contributed by atoms with Crippen molar-refractivity contribution in [1.82, 2.24) is 4.90 Å². The summed E-state index contributed by atoms with van der Waals surface area (Å²) < 4.78 is 0.878. The lowest BCUT2D eigenvalue weighted by Crippen LogP contribution is -2.62. The molecular formula is C30H26BrN3O3. The number of anilines is 2. The van der Waals surface area contributed by atoms with Crippen molar-refractivity contribution in [3.8, 4) is 0 Å². The van der Waals surface area contributed by atoms with Crippen LogP contribution >= 0.6 is 15.9 Å². The molecule has 2 amide bonds. The number of ketones is 1. The molecule has 0 radical (unpaired) electrons. The standard InChI is InChI=1S/C30H26BrN3O3/c1-16-9-14-21-25(17(16)2)33-28(37)30(21)29(20-6-3-4-7-22(20)32-27(29)36)24(23-8-5-15-34(23)30)26(35)18-10-12-19(31)13-11-18/h3-4,6-7,9-14,23-24H,5,8,15H2,1-2H3,(H,32,36)(H,33,37)/t23-,24+,29-,30-/m1/s1. The summed E-state index contributed by atoms with van der Waals surface area (Å²) in [7, 11) is 0. The molecular weight excluding hydrogens is 530 g/mol. The molecule has 0 aromatic heterocycles. The Balaban J connectivity index is 1.59. The Morgan fingerprint density at radius 3 is 2.49 bits per heavy atom. The summed E-state index contributed by atoms with van der Waals surface area (Å²) in [5, 5.41) is 6.27. The highest BCUT2D eigenvalue weighted by Crippen LogP contribution is 2.68. The maximum absolute atomic E-state index is 14.5. The number of aryl methyl sites for hydroxylation is 1. The average molecular weight is 556 g/mol. The maximum atomic E-state index is 14.5. The first-order valence-corrected chi connectivity index (χ1v) is 13.5. The lowest BCUT2D eigenvalue weighted by molar-refractivity contribution is -0.137. The van der Waals surface area contributed by atoms with Crippen molar-refractivity contribution in [2.24, 2.45) is 5.92 Å². The van der Waals surface area contributed by atoms with Crippen LogP contribution in [0.1, 0.15) is 45.5 Å². The average Bonchev–Trinajstić information content (AvgIpc) is 3.61. The van der Waals surface area contributed by atoms with Gasteiger partial charge in [-0.3, -0.25) is 19.3 Å². The normalized spacial score (nSPS) is 29.4. The number of fused-ring (bicyclic) bond motifs is 7. The smallest absolute Gasteiger partial charge is 0.251 e. The number of rotatable bonds is 2. The molecule has 2 spiro atoms. The number of nitrogens with one attached hydrogen (secondary N) is 2. The number of carbonyl (C=O) groups excluding carboxylic acids is 3. The molecule has 0 unspecified atom stereocenters. The van der Waals surface area contributed by atoms with Gasteiger partial charge in [0.25, 0.3) is 5.91 Å². The second kappa shape index (κ2) is 7.62. The van der Waals surface area contributed by atoms with Gasteiger partial charge in [-0.1, -0.05) is 58.4 Å². The van der Waals surface area contributed by atoms with Crippen molar-refractivity contribution >= 4 is 44.9 Å². The molecule has 7 rings (SSSR count). The van der Waals surface area contributed by atoms with Crippen LogP contribution in [0.15, 0.2) is 65.1 Å². The molecule has 4 aliphatic rings. The summed E-state index contributed by atoms with van der Waals surface area (Å²) >= 11 is 3.46. The lowest BCUT2D eigenvalue weighted by atomic mass is 9.57. The van der Waals surface area contributed by atoms with Crippen molar-refractivity contribution in [2.75, 3.05) is 17.2 Å². The molecule has 7 heteroatoms. The van der Waals surface area contributed by atoms with E-state index in [2.05, 4.69) is 31.5 Å². The largest absolute Gasteiger partial charge is 0.325 e. The van der Waals surface area contributed by atoms with Crippen molar-refractivity contribution < 1.29 is 14.4 Å². The van der Waals surface area contributed by atoms with Gasteiger partial charge in [-0.05, 0) is 68.1 Å². The topological polar surface area (TPSA) is 78.5 Å². The molecule has 3 aromatic carbocycles. The van der Waals surface area contributed by atoms with E-state index in [1.54, 1.807) is 12.1 Å². The number of carbonyl (C=O) groups is 3. The van der Waals surface area contributed by atoms with E-state index >= 15 is 0 Å². The fraction of sp³-hybridized carbons (Fsp3) is 0.300. The minimum Gasteiger partial charge on any atom is -0.325 e. The third-order valence-electron chi connectivity index (χ3n) is 9.21. The van der Waals surface area contributed by atoms with Crippen LogP contribution in [0.5, 0.6) is 0 Å². The van der Waals surface area contributed by atoms with Crippen LogP contribution in [-0.2, 0) is 20.5 Å². The molecule has 186 valence electrons. The third-order valence-corrected chi connectivity index (χ3v) is 9.74. The van der Waals surface area contributed by atoms with Gasteiger partial charge in [-0.2, -0.15) is 0 Å². The number of hydrogen-bond donors (Lipinski definition) is 2. The molecule has 6 nitrogen and oxygen atoms in total. The third kappa shape index (κ3) is 2.56. The van der Waals surface area contributed by atoms with Gasteiger partial charge in [0.15, 0.2) is 5.78 Å². The van der Waals surface area contributed by atoms with E-state index in [-0.39, 0.29) is 23.6 Å². The van der Waals surface area contributed by atoms with E-state index in [1.165, 1.54) is 0 Å². The minimum atomic E-state index is -1.41. The Morgan fingerprint density at radius 1 is 0.946 bits per heavy atom. The zero-order chi connectivity index (χ0) is 25.7. The highest BCUT2D eigenvalue weighted by atomic mass is 79.9. The number of para-hydroxylation sites is 1. The van der Waals surface area contributed by atoms with Crippen LogP contribution in [-0.4, -0.2) is 35.1 Å². The molecule has 4 heterocycles. The Bertz CT molecular complexity index is 1530. The summed E-state index contributed by atoms with van der Waals surface area (Å²) in [5.41, 5.74) is 2.84. The van der Waals surface area contributed by atoms with Gasteiger partial charge >= 0.3 is 0 Å². The van der Waals surface area contributed by atoms with Crippen LogP contribution < -0.4 is 10.6 Å². The number of halogens is 1. The molecule has 3 aromatic rings. The van der Waals surface area contributed by atoms with Gasteiger partial charge in [0.2, 0.25) is 5.91 Å². The first-order valence-electron chi connectivity index (χ1n) is 12.7.